The number of nitrogens with one attached hydrogen (secondary N) is 1. The third-order valence-electron chi connectivity index (χ3n) is 3.16. The van der Waals surface area contributed by atoms with Crippen molar-refractivity contribution in [3.63, 3.8) is 0 Å². The van der Waals surface area contributed by atoms with E-state index in [1.54, 1.807) is 18.2 Å². The van der Waals surface area contributed by atoms with Crippen molar-refractivity contribution in [3.05, 3.63) is 63.1 Å². The van der Waals surface area contributed by atoms with Crippen molar-refractivity contribution in [2.24, 2.45) is 0 Å². The molecule has 0 atom stereocenters. The van der Waals surface area contributed by atoms with Gasteiger partial charge >= 0.3 is 0 Å². The van der Waals surface area contributed by atoms with Crippen LogP contribution in [-0.4, -0.2) is 5.91 Å². The van der Waals surface area contributed by atoms with Crippen molar-refractivity contribution in [1.82, 2.24) is 5.32 Å². The van der Waals surface area contributed by atoms with Gasteiger partial charge in [-0.1, -0.05) is 28.1 Å². The lowest BCUT2D eigenvalue weighted by molar-refractivity contribution is 0.0942. The Hall–Kier alpha value is -1.95. The molecule has 0 unspecified atom stereocenters. The highest BCUT2D eigenvalue weighted by Crippen LogP contribution is 2.20. The van der Waals surface area contributed by atoms with Gasteiger partial charge in [-0.2, -0.15) is 0 Å². The highest BCUT2D eigenvalue weighted by Gasteiger charge is 2.18. The molecule has 0 saturated carbocycles. The summed E-state index contributed by atoms with van der Waals surface area (Å²) in [4.78, 5) is 11.9. The molecule has 0 spiro atoms. The monoisotopic (exact) mass is 354 g/mol. The third-order valence-corrected chi connectivity index (χ3v) is 3.62. The molecule has 2 rings (SSSR count). The molecule has 0 aliphatic rings. The summed E-state index contributed by atoms with van der Waals surface area (Å²) in [7, 11) is 0. The van der Waals surface area contributed by atoms with Gasteiger partial charge in [-0.05, 0) is 36.2 Å². The van der Waals surface area contributed by atoms with Gasteiger partial charge in [0, 0.05) is 16.7 Å². The molecule has 0 aliphatic heterocycles. The normalized spacial score (nSPS) is 10.5. The first-order valence-electron chi connectivity index (χ1n) is 6.17. The zero-order chi connectivity index (χ0) is 15.6. The molecular formula is C15H13BrF2N2O. The number of nitrogens with two attached hydrogens (primary N) is 1. The van der Waals surface area contributed by atoms with Gasteiger partial charge in [-0.3, -0.25) is 4.79 Å². The van der Waals surface area contributed by atoms with Crippen LogP contribution in [0.25, 0.3) is 0 Å². The molecule has 0 aliphatic carbocycles. The number of carbonyl (C=O) groups is 1. The van der Waals surface area contributed by atoms with Crippen LogP contribution < -0.4 is 11.1 Å². The molecule has 0 fully saturated rings. The minimum atomic E-state index is -0.913. The van der Waals surface area contributed by atoms with E-state index in [1.165, 1.54) is 0 Å². The van der Waals surface area contributed by atoms with E-state index in [0.717, 1.165) is 23.3 Å². The number of amides is 1. The second-order valence-electron chi connectivity index (χ2n) is 4.56. The van der Waals surface area contributed by atoms with E-state index in [0.29, 0.717) is 5.69 Å². The topological polar surface area (TPSA) is 55.1 Å². The Morgan fingerprint density at radius 1 is 1.29 bits per heavy atom. The molecule has 3 nitrogen and oxygen atoms in total. The van der Waals surface area contributed by atoms with Crippen molar-refractivity contribution in [2.45, 2.75) is 13.5 Å². The highest BCUT2D eigenvalue weighted by atomic mass is 79.9. The smallest absolute Gasteiger partial charge is 0.257 e. The summed E-state index contributed by atoms with van der Waals surface area (Å²) in [5, 5.41) is 2.49. The van der Waals surface area contributed by atoms with E-state index >= 15 is 0 Å². The van der Waals surface area contributed by atoms with Gasteiger partial charge in [0.2, 0.25) is 0 Å². The minimum absolute atomic E-state index is 0.144. The lowest BCUT2D eigenvalue weighted by atomic mass is 10.1. The zero-order valence-corrected chi connectivity index (χ0v) is 12.8. The fourth-order valence-corrected chi connectivity index (χ4v) is 2.32. The van der Waals surface area contributed by atoms with Crippen LogP contribution in [0.15, 0.2) is 34.8 Å². The molecule has 2 aromatic rings. The molecule has 0 radical (unpaired) electrons. The quantitative estimate of drug-likeness (QED) is 0.828. The maximum atomic E-state index is 13.7. The molecule has 0 heterocycles. The van der Waals surface area contributed by atoms with Gasteiger partial charge in [-0.25, -0.2) is 8.78 Å². The number of carbonyl (C=O) groups excluding carboxylic acids is 1. The zero-order valence-electron chi connectivity index (χ0n) is 11.2. The fraction of sp³-hybridized carbons (Fsp3) is 0.133. The van der Waals surface area contributed by atoms with Crippen LogP contribution in [0.4, 0.5) is 14.5 Å². The first kappa shape index (κ1) is 15.4. The maximum Gasteiger partial charge on any atom is 0.257 e. The van der Waals surface area contributed by atoms with Gasteiger partial charge < -0.3 is 11.1 Å². The number of halogens is 3. The molecular weight excluding hydrogens is 342 g/mol. The second kappa shape index (κ2) is 6.22. The summed E-state index contributed by atoms with van der Waals surface area (Å²) >= 11 is 2.96. The van der Waals surface area contributed by atoms with E-state index < -0.39 is 23.1 Å². The first-order valence-corrected chi connectivity index (χ1v) is 6.96. The summed E-state index contributed by atoms with van der Waals surface area (Å²) in [6.07, 6.45) is 0. The number of hydrogen-bond donors (Lipinski definition) is 2. The number of rotatable bonds is 3. The van der Waals surface area contributed by atoms with Crippen molar-refractivity contribution in [1.29, 1.82) is 0 Å². The first-order chi connectivity index (χ1) is 9.90. The van der Waals surface area contributed by atoms with Gasteiger partial charge in [0.15, 0.2) is 0 Å². The molecule has 0 aromatic heterocycles. The average molecular weight is 355 g/mol. The van der Waals surface area contributed by atoms with E-state index in [2.05, 4.69) is 21.2 Å². The van der Waals surface area contributed by atoms with Crippen LogP contribution >= 0.6 is 15.9 Å². The van der Waals surface area contributed by atoms with E-state index in [9.17, 15) is 13.6 Å². The molecule has 1 amide bonds. The standard InChI is InChI=1S/C15H13BrF2N2O/c1-8-9(3-2-4-13(8)19)7-20-15(21)14-11(17)5-10(16)6-12(14)18/h2-6H,7,19H2,1H3,(H,20,21). The average Bonchev–Trinajstić information content (AvgIpc) is 2.39. The van der Waals surface area contributed by atoms with Gasteiger partial charge in [-0.15, -0.1) is 0 Å². The Bertz CT molecular complexity index is 681. The predicted molar refractivity (Wildman–Crippen MR) is 80.8 cm³/mol. The van der Waals surface area contributed by atoms with Crippen molar-refractivity contribution in [3.8, 4) is 0 Å². The van der Waals surface area contributed by atoms with Crippen LogP contribution in [0.2, 0.25) is 0 Å². The van der Waals surface area contributed by atoms with Crippen LogP contribution in [0.3, 0.4) is 0 Å². The molecule has 0 bridgehead atoms. The lowest BCUT2D eigenvalue weighted by Crippen LogP contribution is -2.25. The van der Waals surface area contributed by atoms with Gasteiger partial charge in [0.1, 0.15) is 17.2 Å². The Labute approximate surface area is 129 Å². The number of anilines is 1. The van der Waals surface area contributed by atoms with Crippen LogP contribution in [-0.2, 0) is 6.54 Å². The Kier molecular flexibility index (Phi) is 4.57. The van der Waals surface area contributed by atoms with Crippen molar-refractivity contribution in [2.75, 3.05) is 5.73 Å². The number of hydrogen-bond acceptors (Lipinski definition) is 2. The van der Waals surface area contributed by atoms with Crippen LogP contribution in [0.5, 0.6) is 0 Å². The second-order valence-corrected chi connectivity index (χ2v) is 5.47. The Morgan fingerprint density at radius 2 is 1.90 bits per heavy atom. The maximum absolute atomic E-state index is 13.7. The van der Waals surface area contributed by atoms with Crippen molar-refractivity contribution >= 4 is 27.5 Å². The van der Waals surface area contributed by atoms with Crippen molar-refractivity contribution < 1.29 is 13.6 Å². The minimum Gasteiger partial charge on any atom is -0.399 e. The van der Waals surface area contributed by atoms with E-state index in [-0.39, 0.29) is 11.0 Å². The largest absolute Gasteiger partial charge is 0.399 e. The number of benzene rings is 2. The highest BCUT2D eigenvalue weighted by molar-refractivity contribution is 9.10. The lowest BCUT2D eigenvalue weighted by Gasteiger charge is -2.11. The molecule has 110 valence electrons. The fourth-order valence-electron chi connectivity index (χ4n) is 1.92. The summed E-state index contributed by atoms with van der Waals surface area (Å²) in [5.74, 6) is -2.63. The summed E-state index contributed by atoms with van der Waals surface area (Å²) in [6, 6.07) is 7.38. The predicted octanol–water partition coefficient (Wildman–Crippen LogP) is 3.55. The number of nitrogen functional groups attached to an aromatic ring is 1. The summed E-state index contributed by atoms with van der Waals surface area (Å²) in [5.41, 5.74) is 7.39. The Balaban J connectivity index is 2.18. The SMILES string of the molecule is Cc1c(N)cccc1CNC(=O)c1c(F)cc(Br)cc1F. The molecule has 6 heteroatoms. The summed E-state index contributed by atoms with van der Waals surface area (Å²) in [6.45, 7) is 1.96. The molecule has 3 N–H and O–H groups in total. The van der Waals surface area contributed by atoms with E-state index in [4.69, 9.17) is 5.73 Å². The third kappa shape index (κ3) is 3.39. The van der Waals surface area contributed by atoms with Crippen LogP contribution in [0, 0.1) is 18.6 Å². The Morgan fingerprint density at radius 3 is 2.52 bits per heavy atom. The molecule has 0 saturated heterocycles. The summed E-state index contributed by atoms with van der Waals surface area (Å²) < 4.78 is 27.6. The van der Waals surface area contributed by atoms with E-state index in [1.807, 2.05) is 6.92 Å². The van der Waals surface area contributed by atoms with Crippen LogP contribution in [0.1, 0.15) is 21.5 Å². The molecule has 2 aromatic carbocycles. The molecule has 21 heavy (non-hydrogen) atoms. The van der Waals surface area contributed by atoms with Gasteiger partial charge in [0.05, 0.1) is 0 Å². The van der Waals surface area contributed by atoms with Gasteiger partial charge in [0.25, 0.3) is 5.91 Å².